The molecule has 0 amide bonds. The van der Waals surface area contributed by atoms with Crippen molar-refractivity contribution >= 4 is 11.3 Å². The van der Waals surface area contributed by atoms with Crippen molar-refractivity contribution in [2.24, 2.45) is 0 Å². The summed E-state index contributed by atoms with van der Waals surface area (Å²) in [5.41, 5.74) is 3.52. The highest BCUT2D eigenvalue weighted by atomic mass is 32.1. The van der Waals surface area contributed by atoms with Crippen molar-refractivity contribution in [3.63, 3.8) is 0 Å². The zero-order chi connectivity index (χ0) is 8.39. The summed E-state index contributed by atoms with van der Waals surface area (Å²) in [5, 5.41) is 12.9. The highest BCUT2D eigenvalue weighted by Crippen LogP contribution is 2.22. The fraction of sp³-hybridized carbons (Fsp3) is 0. The van der Waals surface area contributed by atoms with E-state index < -0.39 is 0 Å². The largest absolute Gasteiger partial charge is 0.290 e. The van der Waals surface area contributed by atoms with E-state index in [4.69, 9.17) is 0 Å². The topological polar surface area (TPSA) is 32.8 Å². The molecule has 3 heteroatoms. The van der Waals surface area contributed by atoms with Gasteiger partial charge in [-0.05, 0) is 12.1 Å². The predicted molar refractivity (Wildman–Crippen MR) is 47.7 cm³/mol. The molecule has 0 aliphatic rings. The molecule has 0 aliphatic heterocycles. The van der Waals surface area contributed by atoms with Gasteiger partial charge >= 0.3 is 0 Å². The van der Waals surface area contributed by atoms with E-state index in [0.29, 0.717) is 0 Å². The summed E-state index contributed by atoms with van der Waals surface area (Å²) in [6, 6.07) is 6.76. The van der Waals surface area contributed by atoms with Crippen LogP contribution in [0.1, 0.15) is 0 Å². The van der Waals surface area contributed by atoms with E-state index in [1.807, 2.05) is 11.4 Å². The summed E-state index contributed by atoms with van der Waals surface area (Å²) in [5.74, 6) is 0.0282. The molecule has 0 unspecified atom stereocenters. The fourth-order valence-corrected chi connectivity index (χ4v) is 1.57. The molecule has 0 saturated carbocycles. The molecule has 0 bridgehead atoms. The van der Waals surface area contributed by atoms with Crippen molar-refractivity contribution in [1.82, 2.24) is 4.98 Å². The Balaban J connectivity index is 2.48. The van der Waals surface area contributed by atoms with E-state index in [2.05, 4.69) is 4.98 Å². The Kier molecular flexibility index (Phi) is 1.80. The Labute approximate surface area is 74.1 Å². The maximum atomic E-state index is 11.0. The Hall–Kier alpha value is -1.35. The van der Waals surface area contributed by atoms with Gasteiger partial charge in [0.1, 0.15) is 0 Å². The molecular formula is C9H6NOS. The van der Waals surface area contributed by atoms with Crippen LogP contribution in [0.15, 0.2) is 35.2 Å². The number of nitrogens with zero attached hydrogens (tertiary/aromatic N) is 1. The lowest BCUT2D eigenvalue weighted by Gasteiger charge is -1.94. The van der Waals surface area contributed by atoms with Gasteiger partial charge in [0.15, 0.2) is 5.75 Å². The van der Waals surface area contributed by atoms with E-state index in [-0.39, 0.29) is 5.75 Å². The van der Waals surface area contributed by atoms with Crippen LogP contribution in [0.4, 0.5) is 0 Å². The first-order valence-corrected chi connectivity index (χ1v) is 4.46. The minimum Gasteiger partial charge on any atom is -0.290 e. The van der Waals surface area contributed by atoms with Crippen LogP contribution in [-0.2, 0) is 5.11 Å². The molecule has 0 spiro atoms. The fourth-order valence-electron chi connectivity index (χ4n) is 1.01. The predicted octanol–water partition coefficient (Wildman–Crippen LogP) is 2.95. The number of rotatable bonds is 1. The zero-order valence-corrected chi connectivity index (χ0v) is 7.04. The molecule has 2 rings (SSSR count). The summed E-state index contributed by atoms with van der Waals surface area (Å²) >= 11 is 1.53. The molecule has 2 aromatic rings. The van der Waals surface area contributed by atoms with Crippen molar-refractivity contribution in [2.75, 3.05) is 0 Å². The molecule has 0 saturated heterocycles. The number of benzene rings is 1. The van der Waals surface area contributed by atoms with Crippen molar-refractivity contribution in [3.8, 4) is 17.0 Å². The van der Waals surface area contributed by atoms with Crippen LogP contribution in [0.25, 0.3) is 11.3 Å². The Morgan fingerprint density at radius 3 is 2.92 bits per heavy atom. The quantitative estimate of drug-likeness (QED) is 0.657. The maximum Gasteiger partial charge on any atom is 0.179 e. The number of hydrogen-bond donors (Lipinski definition) is 0. The summed E-state index contributed by atoms with van der Waals surface area (Å²) in [6.45, 7) is 0. The van der Waals surface area contributed by atoms with Crippen molar-refractivity contribution in [1.29, 1.82) is 0 Å². The number of hydrogen-bond acceptors (Lipinski definition) is 2. The van der Waals surface area contributed by atoms with Gasteiger partial charge in [-0.2, -0.15) is 0 Å². The average molecular weight is 176 g/mol. The number of aromatic nitrogens is 1. The second-order valence-electron chi connectivity index (χ2n) is 2.40. The van der Waals surface area contributed by atoms with Gasteiger partial charge < -0.3 is 0 Å². The van der Waals surface area contributed by atoms with Crippen LogP contribution in [0.5, 0.6) is 5.75 Å². The lowest BCUT2D eigenvalue weighted by molar-refractivity contribution is 0.355. The van der Waals surface area contributed by atoms with Gasteiger partial charge in [0, 0.05) is 10.9 Å². The lowest BCUT2D eigenvalue weighted by atomic mass is 10.2. The molecule has 1 heterocycles. The van der Waals surface area contributed by atoms with Crippen molar-refractivity contribution in [2.45, 2.75) is 0 Å². The molecule has 0 N–H and O–H groups in total. The molecule has 1 radical (unpaired) electrons. The summed E-state index contributed by atoms with van der Waals surface area (Å²) in [6.07, 6.45) is 0. The highest BCUT2D eigenvalue weighted by Gasteiger charge is 1.99. The second-order valence-corrected chi connectivity index (χ2v) is 3.12. The van der Waals surface area contributed by atoms with Gasteiger partial charge in [-0.15, -0.1) is 11.3 Å². The molecule has 0 fully saturated rings. The molecule has 59 valence electrons. The average Bonchev–Trinajstić information content (AvgIpc) is 2.56. The smallest absolute Gasteiger partial charge is 0.179 e. The Morgan fingerprint density at radius 2 is 2.25 bits per heavy atom. The van der Waals surface area contributed by atoms with Crippen LogP contribution in [0.3, 0.4) is 0 Å². The van der Waals surface area contributed by atoms with E-state index >= 15 is 0 Å². The van der Waals surface area contributed by atoms with Crippen LogP contribution in [0.2, 0.25) is 0 Å². The maximum absolute atomic E-state index is 11.0. The SMILES string of the molecule is [O]c1cccc(-c2cscn2)c1. The van der Waals surface area contributed by atoms with Gasteiger partial charge in [0.05, 0.1) is 11.2 Å². The van der Waals surface area contributed by atoms with Crippen LogP contribution in [-0.4, -0.2) is 4.98 Å². The first-order chi connectivity index (χ1) is 5.86. The van der Waals surface area contributed by atoms with Crippen LogP contribution < -0.4 is 0 Å². The van der Waals surface area contributed by atoms with E-state index in [0.717, 1.165) is 11.3 Å². The van der Waals surface area contributed by atoms with Gasteiger partial charge in [-0.3, -0.25) is 5.11 Å². The number of thiazole rings is 1. The molecule has 2 nitrogen and oxygen atoms in total. The Bertz CT molecular complexity index is 370. The summed E-state index contributed by atoms with van der Waals surface area (Å²) in [7, 11) is 0. The first kappa shape index (κ1) is 7.31. The second kappa shape index (κ2) is 2.95. The summed E-state index contributed by atoms with van der Waals surface area (Å²) in [4.78, 5) is 4.11. The molecule has 0 aliphatic carbocycles. The first-order valence-electron chi connectivity index (χ1n) is 3.52. The van der Waals surface area contributed by atoms with E-state index in [9.17, 15) is 5.11 Å². The van der Waals surface area contributed by atoms with E-state index in [1.54, 1.807) is 17.6 Å². The third-order valence-electron chi connectivity index (χ3n) is 1.56. The van der Waals surface area contributed by atoms with Gasteiger partial charge in [-0.1, -0.05) is 12.1 Å². The van der Waals surface area contributed by atoms with Crippen molar-refractivity contribution in [3.05, 3.63) is 35.2 Å². The van der Waals surface area contributed by atoms with Gasteiger partial charge in [0.2, 0.25) is 0 Å². The molecular weight excluding hydrogens is 170 g/mol. The minimum atomic E-state index is 0.0282. The minimum absolute atomic E-state index is 0.0282. The van der Waals surface area contributed by atoms with Crippen LogP contribution >= 0.6 is 11.3 Å². The normalized spacial score (nSPS) is 10.0. The van der Waals surface area contributed by atoms with E-state index in [1.165, 1.54) is 17.4 Å². The third kappa shape index (κ3) is 1.31. The Morgan fingerprint density at radius 1 is 1.33 bits per heavy atom. The molecule has 1 aromatic carbocycles. The zero-order valence-electron chi connectivity index (χ0n) is 6.23. The van der Waals surface area contributed by atoms with Gasteiger partial charge in [0.25, 0.3) is 0 Å². The van der Waals surface area contributed by atoms with Gasteiger partial charge in [-0.25, -0.2) is 4.98 Å². The van der Waals surface area contributed by atoms with Crippen molar-refractivity contribution < 1.29 is 5.11 Å². The summed E-state index contributed by atoms with van der Waals surface area (Å²) < 4.78 is 0. The standard InChI is InChI=1S/C9H6NOS/c11-8-3-1-2-7(4-8)9-5-12-6-10-9/h1-6H. The van der Waals surface area contributed by atoms with Crippen LogP contribution in [0, 0.1) is 0 Å². The lowest BCUT2D eigenvalue weighted by Crippen LogP contribution is -1.74. The molecule has 0 atom stereocenters. The highest BCUT2D eigenvalue weighted by molar-refractivity contribution is 7.07. The third-order valence-corrected chi connectivity index (χ3v) is 2.15. The molecule has 12 heavy (non-hydrogen) atoms. The monoisotopic (exact) mass is 176 g/mol. The molecule has 1 aromatic heterocycles.